The Morgan fingerprint density at radius 1 is 0.885 bits per heavy atom. The summed E-state index contributed by atoms with van der Waals surface area (Å²) in [7, 11) is 0. The highest BCUT2D eigenvalue weighted by molar-refractivity contribution is 6.07. The van der Waals surface area contributed by atoms with Gasteiger partial charge in [0.25, 0.3) is 11.8 Å². The molecule has 3 aromatic rings. The van der Waals surface area contributed by atoms with Gasteiger partial charge >= 0.3 is 0 Å². The van der Waals surface area contributed by atoms with E-state index in [9.17, 15) is 14.0 Å². The smallest absolute Gasteiger partial charge is 0.256 e. The molecule has 0 unspecified atom stereocenters. The molecule has 0 saturated carbocycles. The SMILES string of the molecule is Cc1ccc(NC(=O)c2cccc(NC(=O)c3ccc(F)cc3)c2)nc1. The number of carbonyl (C=O) groups excluding carboxylic acids is 2. The second-order valence-electron chi connectivity index (χ2n) is 5.72. The molecule has 26 heavy (non-hydrogen) atoms. The van der Waals surface area contributed by atoms with Crippen LogP contribution >= 0.6 is 0 Å². The number of anilines is 2. The number of aryl methyl sites for hydroxylation is 1. The number of halogens is 1. The van der Waals surface area contributed by atoms with Gasteiger partial charge in [-0.15, -0.1) is 0 Å². The van der Waals surface area contributed by atoms with Crippen LogP contribution in [-0.2, 0) is 0 Å². The third kappa shape index (κ3) is 4.30. The zero-order valence-corrected chi connectivity index (χ0v) is 14.0. The van der Waals surface area contributed by atoms with Crippen molar-refractivity contribution in [2.24, 2.45) is 0 Å². The molecule has 0 aliphatic heterocycles. The monoisotopic (exact) mass is 349 g/mol. The average molecular weight is 349 g/mol. The fourth-order valence-electron chi connectivity index (χ4n) is 2.27. The van der Waals surface area contributed by atoms with Crippen LogP contribution < -0.4 is 10.6 Å². The van der Waals surface area contributed by atoms with Gasteiger partial charge in [0, 0.05) is 23.0 Å². The first kappa shape index (κ1) is 17.3. The molecule has 6 heteroatoms. The molecular formula is C20H16FN3O2. The van der Waals surface area contributed by atoms with Crippen molar-refractivity contribution in [3.63, 3.8) is 0 Å². The molecule has 2 amide bonds. The van der Waals surface area contributed by atoms with E-state index in [0.717, 1.165) is 5.56 Å². The fourth-order valence-corrected chi connectivity index (χ4v) is 2.27. The van der Waals surface area contributed by atoms with Crippen molar-refractivity contribution in [3.05, 3.63) is 89.4 Å². The minimum absolute atomic E-state index is 0.324. The summed E-state index contributed by atoms with van der Waals surface area (Å²) < 4.78 is 12.9. The molecule has 0 saturated heterocycles. The van der Waals surface area contributed by atoms with Crippen molar-refractivity contribution in [3.8, 4) is 0 Å². The van der Waals surface area contributed by atoms with Crippen LogP contribution in [0.4, 0.5) is 15.9 Å². The molecule has 0 radical (unpaired) electrons. The summed E-state index contributed by atoms with van der Waals surface area (Å²) >= 11 is 0. The van der Waals surface area contributed by atoms with Crippen molar-refractivity contribution in [2.45, 2.75) is 6.92 Å². The Hall–Kier alpha value is -3.54. The van der Waals surface area contributed by atoms with Gasteiger partial charge in [-0.1, -0.05) is 12.1 Å². The molecule has 0 fully saturated rings. The van der Waals surface area contributed by atoms with E-state index in [2.05, 4.69) is 15.6 Å². The lowest BCUT2D eigenvalue weighted by Gasteiger charge is -2.08. The molecular weight excluding hydrogens is 333 g/mol. The molecule has 5 nitrogen and oxygen atoms in total. The lowest BCUT2D eigenvalue weighted by molar-refractivity contribution is 0.101. The predicted octanol–water partition coefficient (Wildman–Crippen LogP) is 4.03. The number of carbonyl (C=O) groups is 2. The van der Waals surface area contributed by atoms with E-state index in [1.807, 2.05) is 13.0 Å². The van der Waals surface area contributed by atoms with E-state index in [-0.39, 0.29) is 11.8 Å². The molecule has 1 aromatic heterocycles. The standard InChI is InChI=1S/C20H16FN3O2/c1-13-5-10-18(22-12-13)24-20(26)15-3-2-4-17(11-15)23-19(25)14-6-8-16(21)9-7-14/h2-12H,1H3,(H,23,25)(H,22,24,26). The maximum Gasteiger partial charge on any atom is 0.256 e. The molecule has 2 N–H and O–H groups in total. The van der Waals surface area contributed by atoms with Crippen LogP contribution in [0.2, 0.25) is 0 Å². The van der Waals surface area contributed by atoms with Gasteiger partial charge in [0.2, 0.25) is 0 Å². The number of pyridine rings is 1. The van der Waals surface area contributed by atoms with Gasteiger partial charge in [0.15, 0.2) is 0 Å². The van der Waals surface area contributed by atoms with Gasteiger partial charge < -0.3 is 10.6 Å². The highest BCUT2D eigenvalue weighted by Gasteiger charge is 2.10. The van der Waals surface area contributed by atoms with E-state index in [0.29, 0.717) is 22.6 Å². The van der Waals surface area contributed by atoms with Gasteiger partial charge in [-0.05, 0) is 61.0 Å². The third-order valence-corrected chi connectivity index (χ3v) is 3.64. The second kappa shape index (κ2) is 7.57. The van der Waals surface area contributed by atoms with Gasteiger partial charge in [-0.2, -0.15) is 0 Å². The molecule has 1 heterocycles. The Morgan fingerprint density at radius 3 is 2.31 bits per heavy atom. The van der Waals surface area contributed by atoms with E-state index in [4.69, 9.17) is 0 Å². The minimum atomic E-state index is -0.412. The lowest BCUT2D eigenvalue weighted by atomic mass is 10.1. The summed E-state index contributed by atoms with van der Waals surface area (Å²) in [6.45, 7) is 1.91. The molecule has 0 aliphatic carbocycles. The molecule has 3 rings (SSSR count). The predicted molar refractivity (Wildman–Crippen MR) is 97.7 cm³/mol. The van der Waals surface area contributed by atoms with Crippen LogP contribution in [0.15, 0.2) is 66.9 Å². The Balaban J connectivity index is 1.71. The number of nitrogens with zero attached hydrogens (tertiary/aromatic N) is 1. The molecule has 0 atom stereocenters. The van der Waals surface area contributed by atoms with Gasteiger partial charge in [0.1, 0.15) is 11.6 Å². The van der Waals surface area contributed by atoms with Crippen molar-refractivity contribution < 1.29 is 14.0 Å². The fraction of sp³-hybridized carbons (Fsp3) is 0.0500. The Morgan fingerprint density at radius 2 is 1.62 bits per heavy atom. The van der Waals surface area contributed by atoms with Crippen LogP contribution in [0.5, 0.6) is 0 Å². The first-order chi connectivity index (χ1) is 12.5. The minimum Gasteiger partial charge on any atom is -0.322 e. The quantitative estimate of drug-likeness (QED) is 0.747. The number of benzene rings is 2. The van der Waals surface area contributed by atoms with Crippen molar-refractivity contribution in [1.82, 2.24) is 4.98 Å². The molecule has 0 spiro atoms. The lowest BCUT2D eigenvalue weighted by Crippen LogP contribution is -2.15. The Labute approximate surface area is 149 Å². The second-order valence-corrected chi connectivity index (χ2v) is 5.72. The van der Waals surface area contributed by atoms with E-state index in [1.165, 1.54) is 24.3 Å². The largest absolute Gasteiger partial charge is 0.322 e. The van der Waals surface area contributed by atoms with Gasteiger partial charge in [0.05, 0.1) is 0 Å². The van der Waals surface area contributed by atoms with Crippen molar-refractivity contribution in [1.29, 1.82) is 0 Å². The average Bonchev–Trinajstić information content (AvgIpc) is 2.64. The highest BCUT2D eigenvalue weighted by atomic mass is 19.1. The maximum atomic E-state index is 12.9. The molecule has 130 valence electrons. The van der Waals surface area contributed by atoms with Crippen molar-refractivity contribution in [2.75, 3.05) is 10.6 Å². The summed E-state index contributed by atoms with van der Waals surface area (Å²) in [6, 6.07) is 15.3. The summed E-state index contributed by atoms with van der Waals surface area (Å²) in [5.41, 5.74) is 2.16. The molecule has 2 aromatic carbocycles. The number of aromatic nitrogens is 1. The number of rotatable bonds is 4. The van der Waals surface area contributed by atoms with Crippen molar-refractivity contribution >= 4 is 23.3 Å². The first-order valence-corrected chi connectivity index (χ1v) is 7.92. The summed E-state index contributed by atoms with van der Waals surface area (Å²) in [4.78, 5) is 28.7. The Kier molecular flexibility index (Phi) is 5.03. The van der Waals surface area contributed by atoms with Gasteiger partial charge in [-0.25, -0.2) is 9.37 Å². The Bertz CT molecular complexity index is 938. The third-order valence-electron chi connectivity index (χ3n) is 3.64. The number of hydrogen-bond donors (Lipinski definition) is 2. The maximum absolute atomic E-state index is 12.9. The molecule has 0 aliphatic rings. The summed E-state index contributed by atoms with van der Waals surface area (Å²) in [6.07, 6.45) is 1.66. The van der Waals surface area contributed by atoms with Crippen LogP contribution in [0.3, 0.4) is 0 Å². The normalized spacial score (nSPS) is 10.2. The van der Waals surface area contributed by atoms with E-state index >= 15 is 0 Å². The summed E-state index contributed by atoms with van der Waals surface area (Å²) in [5, 5.41) is 5.39. The zero-order valence-electron chi connectivity index (χ0n) is 14.0. The zero-order chi connectivity index (χ0) is 18.5. The van der Waals surface area contributed by atoms with E-state index < -0.39 is 5.82 Å². The van der Waals surface area contributed by atoms with Crippen LogP contribution in [0, 0.1) is 12.7 Å². The van der Waals surface area contributed by atoms with Crippen LogP contribution in [0.25, 0.3) is 0 Å². The van der Waals surface area contributed by atoms with Crippen LogP contribution in [0.1, 0.15) is 26.3 Å². The number of hydrogen-bond acceptors (Lipinski definition) is 3. The van der Waals surface area contributed by atoms with Crippen LogP contribution in [-0.4, -0.2) is 16.8 Å². The van der Waals surface area contributed by atoms with Gasteiger partial charge in [-0.3, -0.25) is 9.59 Å². The summed E-state index contributed by atoms with van der Waals surface area (Å²) in [5.74, 6) is -0.687. The number of nitrogens with one attached hydrogen (secondary N) is 2. The van der Waals surface area contributed by atoms with E-state index in [1.54, 1.807) is 36.5 Å². The highest BCUT2D eigenvalue weighted by Crippen LogP contribution is 2.14. The topological polar surface area (TPSA) is 71.1 Å². The number of amides is 2. The first-order valence-electron chi connectivity index (χ1n) is 7.92. The molecule has 0 bridgehead atoms.